The van der Waals surface area contributed by atoms with Gasteiger partial charge in [0.15, 0.2) is 0 Å². The van der Waals surface area contributed by atoms with Gasteiger partial charge in [-0.05, 0) is 25.7 Å². The second kappa shape index (κ2) is 33.7. The fourth-order valence-corrected chi connectivity index (χ4v) is 7.25. The first-order chi connectivity index (χ1) is 21.8. The fraction of sp³-hybridized carbons (Fsp3) is 0.952. The number of hydrogen-bond acceptors (Lipinski definition) is 2. The van der Waals surface area contributed by atoms with Crippen LogP contribution in [-0.2, 0) is 0 Å². The summed E-state index contributed by atoms with van der Waals surface area (Å²) in [6.45, 7) is 9.48. The summed E-state index contributed by atoms with van der Waals surface area (Å²) in [6, 6.07) is 0. The number of rotatable bonds is 36. The van der Waals surface area contributed by atoms with Gasteiger partial charge in [0.1, 0.15) is 6.17 Å². The maximum Gasteiger partial charge on any atom is 0.101 e. The first-order valence-electron chi connectivity index (χ1n) is 21.0. The minimum Gasteiger partial charge on any atom is -0.356 e. The van der Waals surface area contributed by atoms with E-state index in [4.69, 9.17) is 0 Å². The molecule has 1 atom stereocenters. The molecule has 1 unspecified atom stereocenters. The van der Waals surface area contributed by atoms with Crippen molar-refractivity contribution in [3.8, 4) is 0 Å². The van der Waals surface area contributed by atoms with Crippen molar-refractivity contribution in [2.24, 2.45) is 0 Å². The van der Waals surface area contributed by atoms with E-state index >= 15 is 0 Å². The quantitative estimate of drug-likeness (QED) is 0.0646. The Morgan fingerprint density at radius 2 is 0.523 bits per heavy atom. The molecule has 0 radical (unpaired) electrons. The second-order valence-electron chi connectivity index (χ2n) is 14.6. The van der Waals surface area contributed by atoms with Crippen LogP contribution >= 0.6 is 0 Å². The van der Waals surface area contributed by atoms with Gasteiger partial charge in [0.25, 0.3) is 0 Å². The van der Waals surface area contributed by atoms with E-state index < -0.39 is 0 Å². The van der Waals surface area contributed by atoms with Crippen LogP contribution in [0.3, 0.4) is 0 Å². The average Bonchev–Trinajstić information content (AvgIpc) is 3.42. The molecule has 0 aromatic rings. The zero-order valence-electron chi connectivity index (χ0n) is 31.1. The van der Waals surface area contributed by atoms with Crippen molar-refractivity contribution in [3.05, 3.63) is 12.4 Å². The molecule has 0 saturated heterocycles. The molecule has 44 heavy (non-hydrogen) atoms. The third-order valence-electron chi connectivity index (χ3n) is 10.3. The van der Waals surface area contributed by atoms with Crippen molar-refractivity contribution >= 4 is 0 Å². The molecule has 2 nitrogen and oxygen atoms in total. The second-order valence-corrected chi connectivity index (χ2v) is 14.6. The number of hydrogen-bond donors (Lipinski definition) is 0. The Kier molecular flexibility index (Phi) is 31.7. The Morgan fingerprint density at radius 3 is 0.818 bits per heavy atom. The maximum absolute atomic E-state index is 2.71. The molecular weight excluding hydrogens is 532 g/mol. The first-order valence-corrected chi connectivity index (χ1v) is 21.0. The molecule has 0 N–H and O–H groups in total. The first kappa shape index (κ1) is 41.4. The number of nitrogens with zero attached hydrogens (tertiary/aromatic N) is 2. The van der Waals surface area contributed by atoms with Crippen molar-refractivity contribution in [2.75, 3.05) is 13.1 Å². The van der Waals surface area contributed by atoms with E-state index in [1.165, 1.54) is 231 Å². The standard InChI is InChI=1S/C42H84N2/c1-4-7-10-13-15-17-19-21-22-23-24-25-27-29-31-33-36-39-44-41-40-43(38-35-12-9-6-3)42(44)37-34-32-30-28-26-20-18-16-14-11-8-5-2/h40-42H,4-39H2,1-3H3. The highest BCUT2D eigenvalue weighted by Gasteiger charge is 2.24. The topological polar surface area (TPSA) is 6.48 Å². The van der Waals surface area contributed by atoms with Crippen molar-refractivity contribution in [3.63, 3.8) is 0 Å². The summed E-state index contributed by atoms with van der Waals surface area (Å²) in [5, 5.41) is 0. The summed E-state index contributed by atoms with van der Waals surface area (Å²) in [4.78, 5) is 5.41. The van der Waals surface area contributed by atoms with E-state index in [2.05, 4.69) is 43.0 Å². The van der Waals surface area contributed by atoms with Gasteiger partial charge in [-0.25, -0.2) is 0 Å². The van der Waals surface area contributed by atoms with E-state index in [0.29, 0.717) is 6.17 Å². The number of unbranched alkanes of at least 4 members (excludes halogenated alkanes) is 30. The molecule has 0 aliphatic carbocycles. The molecule has 0 bridgehead atoms. The highest BCUT2D eigenvalue weighted by molar-refractivity contribution is 4.97. The lowest BCUT2D eigenvalue weighted by Crippen LogP contribution is -2.39. The van der Waals surface area contributed by atoms with Crippen LogP contribution in [0.2, 0.25) is 0 Å². The minimum absolute atomic E-state index is 0.640. The van der Waals surface area contributed by atoms with Crippen LogP contribution in [0.15, 0.2) is 12.4 Å². The predicted octanol–water partition coefficient (Wildman–Crippen LogP) is 14.7. The van der Waals surface area contributed by atoms with E-state index in [9.17, 15) is 0 Å². The average molecular weight is 617 g/mol. The van der Waals surface area contributed by atoms with E-state index in [1.54, 1.807) is 0 Å². The SMILES string of the molecule is CCCCCCCCCCCCCCCCCCCN1C=CN(CCCCCC)C1CCCCCCCCCCCCCC. The Hall–Kier alpha value is -0.660. The molecular formula is C42H84N2. The van der Waals surface area contributed by atoms with Crippen molar-refractivity contribution < 1.29 is 0 Å². The van der Waals surface area contributed by atoms with Gasteiger partial charge >= 0.3 is 0 Å². The molecule has 1 aliphatic heterocycles. The largest absolute Gasteiger partial charge is 0.356 e. The molecule has 0 amide bonds. The van der Waals surface area contributed by atoms with E-state index in [-0.39, 0.29) is 0 Å². The lowest BCUT2D eigenvalue weighted by atomic mass is 10.0. The maximum atomic E-state index is 2.71. The van der Waals surface area contributed by atoms with E-state index in [1.807, 2.05) is 0 Å². The van der Waals surface area contributed by atoms with E-state index in [0.717, 1.165) is 0 Å². The molecule has 262 valence electrons. The van der Waals surface area contributed by atoms with Gasteiger partial charge in [-0.3, -0.25) is 0 Å². The van der Waals surface area contributed by atoms with Gasteiger partial charge in [-0.15, -0.1) is 0 Å². The van der Waals surface area contributed by atoms with Crippen molar-refractivity contribution in [1.29, 1.82) is 0 Å². The molecule has 0 saturated carbocycles. The molecule has 0 aromatic heterocycles. The molecule has 1 aliphatic rings. The monoisotopic (exact) mass is 617 g/mol. The van der Waals surface area contributed by atoms with Gasteiger partial charge in [-0.2, -0.15) is 0 Å². The summed E-state index contributed by atoms with van der Waals surface area (Å²) in [5.41, 5.74) is 0. The summed E-state index contributed by atoms with van der Waals surface area (Å²) in [7, 11) is 0. The third kappa shape index (κ3) is 25.5. The summed E-state index contributed by atoms with van der Waals surface area (Å²) >= 11 is 0. The summed E-state index contributed by atoms with van der Waals surface area (Å²) < 4.78 is 0. The third-order valence-corrected chi connectivity index (χ3v) is 10.3. The Morgan fingerprint density at radius 1 is 0.295 bits per heavy atom. The highest BCUT2D eigenvalue weighted by Crippen LogP contribution is 2.24. The van der Waals surface area contributed by atoms with Gasteiger partial charge < -0.3 is 9.80 Å². The Bertz CT molecular complexity index is 572. The molecule has 0 fully saturated rings. The Labute approximate surface area is 280 Å². The smallest absolute Gasteiger partial charge is 0.101 e. The molecule has 0 aromatic carbocycles. The van der Waals surface area contributed by atoms with Crippen LogP contribution in [0.1, 0.15) is 239 Å². The van der Waals surface area contributed by atoms with Gasteiger partial charge in [0, 0.05) is 25.5 Å². The van der Waals surface area contributed by atoms with Crippen LogP contribution in [0, 0.1) is 0 Å². The fourth-order valence-electron chi connectivity index (χ4n) is 7.25. The van der Waals surface area contributed by atoms with Crippen molar-refractivity contribution in [1.82, 2.24) is 9.80 Å². The van der Waals surface area contributed by atoms with Gasteiger partial charge in [0.2, 0.25) is 0 Å². The van der Waals surface area contributed by atoms with Crippen LogP contribution in [0.4, 0.5) is 0 Å². The molecule has 1 rings (SSSR count). The zero-order valence-corrected chi connectivity index (χ0v) is 31.1. The lowest BCUT2D eigenvalue weighted by Gasteiger charge is -2.33. The molecule has 0 spiro atoms. The van der Waals surface area contributed by atoms with Gasteiger partial charge in [-0.1, -0.05) is 213 Å². The highest BCUT2D eigenvalue weighted by atomic mass is 15.4. The van der Waals surface area contributed by atoms with Crippen LogP contribution in [0.25, 0.3) is 0 Å². The van der Waals surface area contributed by atoms with Gasteiger partial charge in [0.05, 0.1) is 0 Å². The Balaban J connectivity index is 2.07. The summed E-state index contributed by atoms with van der Waals surface area (Å²) in [5.74, 6) is 0. The lowest BCUT2D eigenvalue weighted by molar-refractivity contribution is 0.135. The zero-order chi connectivity index (χ0) is 31.6. The van der Waals surface area contributed by atoms with Crippen LogP contribution in [0.5, 0.6) is 0 Å². The van der Waals surface area contributed by atoms with Crippen LogP contribution in [-0.4, -0.2) is 29.1 Å². The van der Waals surface area contributed by atoms with Crippen LogP contribution < -0.4 is 0 Å². The molecule has 2 heteroatoms. The summed E-state index contributed by atoms with van der Waals surface area (Å²) in [6.07, 6.45) is 54.4. The van der Waals surface area contributed by atoms with Crippen molar-refractivity contribution in [2.45, 2.75) is 245 Å². The normalized spacial score (nSPS) is 14.8. The minimum atomic E-state index is 0.640. The predicted molar refractivity (Wildman–Crippen MR) is 200 cm³/mol. The molecule has 1 heterocycles.